The minimum atomic E-state index is -3.86. The number of rotatable bonds is 6. The average molecular weight is 306 g/mol. The maximum Gasteiger partial charge on any atom is 0.322 e. The molecule has 0 amide bonds. The summed E-state index contributed by atoms with van der Waals surface area (Å²) in [5, 5.41) is 9.57. The Morgan fingerprint density at radius 1 is 1.14 bits per heavy atom. The van der Waals surface area contributed by atoms with Gasteiger partial charge in [0.15, 0.2) is 15.1 Å². The van der Waals surface area contributed by atoms with Gasteiger partial charge in [-0.15, -0.1) is 0 Å². The van der Waals surface area contributed by atoms with Gasteiger partial charge in [-0.1, -0.05) is 50.1 Å². The summed E-state index contributed by atoms with van der Waals surface area (Å²) in [7, 11) is -3.86. The molecule has 21 heavy (non-hydrogen) atoms. The quantitative estimate of drug-likeness (QED) is 0.889. The first-order valence-corrected chi connectivity index (χ1v) is 8.47. The molecule has 2 aromatic rings. The standard InChI is InChI=1S/C16H18O4S/c1-2-3-8-15(16(17)18)21(19,20)14-10-9-12-6-4-5-7-13(12)11-14/h4-7,9-11,15H,2-3,8H2,1H3,(H,17,18). The topological polar surface area (TPSA) is 71.4 Å². The van der Waals surface area contributed by atoms with Gasteiger partial charge in [-0.3, -0.25) is 4.79 Å². The molecule has 0 aliphatic carbocycles. The summed E-state index contributed by atoms with van der Waals surface area (Å²) in [6, 6.07) is 12.1. The molecule has 0 fully saturated rings. The minimum absolute atomic E-state index is 0.0738. The summed E-state index contributed by atoms with van der Waals surface area (Å²) >= 11 is 0. The Kier molecular flexibility index (Phi) is 4.63. The molecule has 0 saturated heterocycles. The second-order valence-electron chi connectivity index (χ2n) is 5.02. The number of carbonyl (C=O) groups is 1. The molecule has 1 atom stereocenters. The molecule has 112 valence electrons. The van der Waals surface area contributed by atoms with Gasteiger partial charge in [-0.25, -0.2) is 8.42 Å². The maximum atomic E-state index is 12.5. The highest BCUT2D eigenvalue weighted by molar-refractivity contribution is 7.92. The molecule has 1 unspecified atom stereocenters. The molecule has 0 spiro atoms. The Morgan fingerprint density at radius 2 is 1.81 bits per heavy atom. The molecule has 1 N–H and O–H groups in total. The summed E-state index contributed by atoms with van der Waals surface area (Å²) in [6.45, 7) is 1.90. The second-order valence-corrected chi connectivity index (χ2v) is 7.15. The van der Waals surface area contributed by atoms with E-state index in [1.807, 2.05) is 31.2 Å². The van der Waals surface area contributed by atoms with E-state index in [2.05, 4.69) is 0 Å². The summed E-state index contributed by atoms with van der Waals surface area (Å²) < 4.78 is 25.1. The van der Waals surface area contributed by atoms with Crippen LogP contribution in [-0.4, -0.2) is 24.7 Å². The van der Waals surface area contributed by atoms with Crippen LogP contribution in [0.1, 0.15) is 26.2 Å². The van der Waals surface area contributed by atoms with Crippen LogP contribution >= 0.6 is 0 Å². The fraction of sp³-hybridized carbons (Fsp3) is 0.312. The molecule has 0 saturated carbocycles. The zero-order valence-corrected chi connectivity index (χ0v) is 12.6. The Hall–Kier alpha value is -1.88. The third-order valence-electron chi connectivity index (χ3n) is 3.52. The van der Waals surface area contributed by atoms with Gasteiger partial charge < -0.3 is 5.11 Å². The molecule has 0 radical (unpaired) electrons. The van der Waals surface area contributed by atoms with Gasteiger partial charge in [0.1, 0.15) is 0 Å². The van der Waals surface area contributed by atoms with Crippen LogP contribution in [0.3, 0.4) is 0 Å². The lowest BCUT2D eigenvalue weighted by Gasteiger charge is -2.13. The SMILES string of the molecule is CCCCC(C(=O)O)S(=O)(=O)c1ccc2ccccc2c1. The van der Waals surface area contributed by atoms with Crippen molar-refractivity contribution in [1.29, 1.82) is 0 Å². The minimum Gasteiger partial charge on any atom is -0.480 e. The smallest absolute Gasteiger partial charge is 0.322 e. The highest BCUT2D eigenvalue weighted by Crippen LogP contribution is 2.24. The maximum absolute atomic E-state index is 12.5. The number of carboxylic acids is 1. The second kappa shape index (κ2) is 6.26. The number of hydrogen-bond acceptors (Lipinski definition) is 3. The molecule has 2 aromatic carbocycles. The van der Waals surface area contributed by atoms with E-state index >= 15 is 0 Å². The van der Waals surface area contributed by atoms with Gasteiger partial charge in [0.25, 0.3) is 0 Å². The Balaban J connectivity index is 2.46. The van der Waals surface area contributed by atoms with E-state index in [4.69, 9.17) is 0 Å². The largest absolute Gasteiger partial charge is 0.480 e. The van der Waals surface area contributed by atoms with E-state index in [0.29, 0.717) is 6.42 Å². The molecule has 0 aromatic heterocycles. The molecule has 0 heterocycles. The summed E-state index contributed by atoms with van der Waals surface area (Å²) in [4.78, 5) is 11.4. The van der Waals surface area contributed by atoms with Crippen LogP contribution in [-0.2, 0) is 14.6 Å². The predicted octanol–water partition coefficient (Wildman–Crippen LogP) is 3.26. The number of sulfone groups is 1. The third-order valence-corrected chi connectivity index (χ3v) is 5.62. The van der Waals surface area contributed by atoms with Crippen LogP contribution in [0.5, 0.6) is 0 Å². The first-order valence-electron chi connectivity index (χ1n) is 6.92. The van der Waals surface area contributed by atoms with E-state index in [1.54, 1.807) is 12.1 Å². The third kappa shape index (κ3) is 3.24. The number of hydrogen-bond donors (Lipinski definition) is 1. The van der Waals surface area contributed by atoms with E-state index < -0.39 is 21.1 Å². The summed E-state index contributed by atoms with van der Waals surface area (Å²) in [5.41, 5.74) is 0. The van der Waals surface area contributed by atoms with Crippen LogP contribution in [0.4, 0.5) is 0 Å². The Labute approximate surface area is 124 Å². The number of fused-ring (bicyclic) bond motifs is 1. The number of aliphatic carboxylic acids is 1. The van der Waals surface area contributed by atoms with E-state index in [1.165, 1.54) is 6.07 Å². The highest BCUT2D eigenvalue weighted by atomic mass is 32.2. The number of benzene rings is 2. The van der Waals surface area contributed by atoms with Crippen molar-refractivity contribution in [3.63, 3.8) is 0 Å². The van der Waals surface area contributed by atoms with Gasteiger partial charge in [-0.05, 0) is 29.3 Å². The van der Waals surface area contributed by atoms with Crippen LogP contribution in [0, 0.1) is 0 Å². The van der Waals surface area contributed by atoms with Crippen molar-refractivity contribution in [3.05, 3.63) is 42.5 Å². The molecular weight excluding hydrogens is 288 g/mol. The van der Waals surface area contributed by atoms with Crippen molar-refractivity contribution in [3.8, 4) is 0 Å². The van der Waals surface area contributed by atoms with Gasteiger partial charge in [-0.2, -0.15) is 0 Å². The lowest BCUT2D eigenvalue weighted by atomic mass is 10.1. The first kappa shape index (κ1) is 15.5. The summed E-state index contributed by atoms with van der Waals surface area (Å²) in [5.74, 6) is -1.28. The molecule has 0 aliphatic rings. The fourth-order valence-corrected chi connectivity index (χ4v) is 3.93. The lowest BCUT2D eigenvalue weighted by Crippen LogP contribution is -2.30. The first-order chi connectivity index (χ1) is 9.96. The van der Waals surface area contributed by atoms with Crippen molar-refractivity contribution in [1.82, 2.24) is 0 Å². The van der Waals surface area contributed by atoms with Crippen LogP contribution < -0.4 is 0 Å². The predicted molar refractivity (Wildman–Crippen MR) is 82.1 cm³/mol. The molecule has 5 heteroatoms. The normalized spacial score (nSPS) is 13.2. The van der Waals surface area contributed by atoms with Crippen molar-refractivity contribution in [2.45, 2.75) is 36.3 Å². The van der Waals surface area contributed by atoms with Crippen molar-refractivity contribution >= 4 is 26.6 Å². The van der Waals surface area contributed by atoms with Gasteiger partial charge >= 0.3 is 5.97 Å². The van der Waals surface area contributed by atoms with Crippen LogP contribution in [0.2, 0.25) is 0 Å². The van der Waals surface area contributed by atoms with Gasteiger partial charge in [0, 0.05) is 0 Å². The molecular formula is C16H18O4S. The van der Waals surface area contributed by atoms with Crippen molar-refractivity contribution in [2.75, 3.05) is 0 Å². The summed E-state index contributed by atoms with van der Waals surface area (Å²) in [6.07, 6.45) is 1.47. The molecule has 0 bridgehead atoms. The molecule has 0 aliphatic heterocycles. The van der Waals surface area contributed by atoms with E-state index in [-0.39, 0.29) is 11.3 Å². The van der Waals surface area contributed by atoms with Gasteiger partial charge in [0.2, 0.25) is 0 Å². The van der Waals surface area contributed by atoms with Crippen molar-refractivity contribution < 1.29 is 18.3 Å². The highest BCUT2D eigenvalue weighted by Gasteiger charge is 2.33. The van der Waals surface area contributed by atoms with Gasteiger partial charge in [0.05, 0.1) is 4.90 Å². The number of unbranched alkanes of at least 4 members (excludes halogenated alkanes) is 1. The monoisotopic (exact) mass is 306 g/mol. The van der Waals surface area contributed by atoms with E-state index in [0.717, 1.165) is 17.2 Å². The Bertz CT molecular complexity index is 750. The van der Waals surface area contributed by atoms with E-state index in [9.17, 15) is 18.3 Å². The Morgan fingerprint density at radius 3 is 2.43 bits per heavy atom. The molecule has 2 rings (SSSR count). The zero-order valence-electron chi connectivity index (χ0n) is 11.8. The molecule has 4 nitrogen and oxygen atoms in total. The zero-order chi connectivity index (χ0) is 15.5. The van der Waals surface area contributed by atoms with Crippen LogP contribution in [0.25, 0.3) is 10.8 Å². The van der Waals surface area contributed by atoms with Crippen molar-refractivity contribution in [2.24, 2.45) is 0 Å². The van der Waals surface area contributed by atoms with Crippen LogP contribution in [0.15, 0.2) is 47.4 Å². The lowest BCUT2D eigenvalue weighted by molar-refractivity contribution is -0.136. The fourth-order valence-electron chi connectivity index (χ4n) is 2.31. The number of carboxylic acid groups (broad SMARTS) is 1. The average Bonchev–Trinajstić information content (AvgIpc) is 2.46.